The highest BCUT2D eigenvalue weighted by Gasteiger charge is 2.18. The molecule has 0 spiro atoms. The first-order chi connectivity index (χ1) is 12.4. The Balaban J connectivity index is 2.15. The fourth-order valence-electron chi connectivity index (χ4n) is 3.18. The first kappa shape index (κ1) is 18.2. The summed E-state index contributed by atoms with van der Waals surface area (Å²) in [4.78, 5) is 0. The van der Waals surface area contributed by atoms with Crippen LogP contribution in [-0.4, -0.2) is 18.7 Å². The van der Waals surface area contributed by atoms with Gasteiger partial charge in [-0.05, 0) is 36.2 Å². The normalized spacial score (nSPS) is 11.6. The molecular weight excluding hydrogens is 351 g/mol. The van der Waals surface area contributed by atoms with E-state index in [9.17, 15) is 18.1 Å². The molecule has 1 aromatic heterocycles. The summed E-state index contributed by atoms with van der Waals surface area (Å²) in [6.45, 7) is 4.22. The number of halogens is 1. The number of hydrogen-bond acceptors (Lipinski definition) is 3. The fraction of sp³-hybridized carbons (Fsp3) is 0.250. The molecule has 4 nitrogen and oxygen atoms in total. The summed E-state index contributed by atoms with van der Waals surface area (Å²) in [6.07, 6.45) is 0. The second-order valence-electron chi connectivity index (χ2n) is 6.11. The van der Waals surface area contributed by atoms with E-state index in [2.05, 4.69) is 6.07 Å². The van der Waals surface area contributed by atoms with Crippen LogP contribution in [0.25, 0.3) is 22.2 Å². The zero-order valence-corrected chi connectivity index (χ0v) is 15.5. The summed E-state index contributed by atoms with van der Waals surface area (Å²) in [5.74, 6) is -0.284. The largest absolute Gasteiger partial charge is 0.340 e. The van der Waals surface area contributed by atoms with Crippen LogP contribution in [0.5, 0.6) is 0 Å². The minimum atomic E-state index is -3.10. The monoisotopic (exact) mass is 370 g/mol. The van der Waals surface area contributed by atoms with Crippen molar-refractivity contribution in [1.29, 1.82) is 5.26 Å². The molecule has 0 aliphatic heterocycles. The fourth-order valence-corrected chi connectivity index (χ4v) is 4.09. The van der Waals surface area contributed by atoms with Gasteiger partial charge in [0, 0.05) is 17.7 Å². The predicted octanol–water partition coefficient (Wildman–Crippen LogP) is 4.27. The van der Waals surface area contributed by atoms with Crippen molar-refractivity contribution in [1.82, 2.24) is 4.57 Å². The van der Waals surface area contributed by atoms with Crippen LogP contribution >= 0.6 is 0 Å². The van der Waals surface area contributed by atoms with E-state index in [1.54, 1.807) is 25.1 Å². The number of sulfone groups is 1. The summed E-state index contributed by atoms with van der Waals surface area (Å²) in [5.41, 5.74) is 3.46. The molecule has 0 saturated carbocycles. The number of aryl methyl sites for hydroxylation is 1. The summed E-state index contributed by atoms with van der Waals surface area (Å²) in [6, 6.07) is 13.8. The second-order valence-corrected chi connectivity index (χ2v) is 8.47. The van der Waals surface area contributed by atoms with Crippen molar-refractivity contribution >= 4 is 20.7 Å². The maximum absolute atomic E-state index is 13.7. The lowest BCUT2D eigenvalue weighted by molar-refractivity contribution is 0.596. The molecule has 0 aliphatic rings. The number of nitriles is 1. The maximum Gasteiger partial charge on any atom is 0.154 e. The van der Waals surface area contributed by atoms with E-state index in [1.807, 2.05) is 23.6 Å². The summed E-state index contributed by atoms with van der Waals surface area (Å²) >= 11 is 0. The molecule has 0 amide bonds. The van der Waals surface area contributed by atoms with Gasteiger partial charge in [0.05, 0.1) is 22.5 Å². The van der Waals surface area contributed by atoms with E-state index in [0.29, 0.717) is 23.1 Å². The second kappa shape index (κ2) is 6.93. The van der Waals surface area contributed by atoms with Crippen molar-refractivity contribution in [3.8, 4) is 17.3 Å². The van der Waals surface area contributed by atoms with E-state index in [-0.39, 0.29) is 17.3 Å². The van der Waals surface area contributed by atoms with Crippen LogP contribution in [0.2, 0.25) is 0 Å². The van der Waals surface area contributed by atoms with Gasteiger partial charge in [0.15, 0.2) is 9.84 Å². The Bertz CT molecular complexity index is 1110. The zero-order chi connectivity index (χ0) is 18.9. The highest BCUT2D eigenvalue weighted by atomic mass is 32.2. The molecule has 0 aliphatic carbocycles. The lowest BCUT2D eigenvalue weighted by Crippen LogP contribution is -2.06. The topological polar surface area (TPSA) is 62.9 Å². The lowest BCUT2D eigenvalue weighted by atomic mass is 10.0. The third-order valence-electron chi connectivity index (χ3n) is 4.51. The van der Waals surface area contributed by atoms with Gasteiger partial charge in [-0.2, -0.15) is 5.26 Å². The summed E-state index contributed by atoms with van der Waals surface area (Å²) in [7, 11) is -3.10. The number of aromatic nitrogens is 1. The highest BCUT2D eigenvalue weighted by molar-refractivity contribution is 7.90. The van der Waals surface area contributed by atoms with E-state index in [4.69, 9.17) is 0 Å². The highest BCUT2D eigenvalue weighted by Crippen LogP contribution is 2.34. The number of rotatable bonds is 5. The molecule has 134 valence electrons. The van der Waals surface area contributed by atoms with Gasteiger partial charge < -0.3 is 4.57 Å². The van der Waals surface area contributed by atoms with Crippen molar-refractivity contribution in [2.24, 2.45) is 0 Å². The number of fused-ring (bicyclic) bond motifs is 1. The van der Waals surface area contributed by atoms with E-state index < -0.39 is 9.84 Å². The third-order valence-corrected chi connectivity index (χ3v) is 6.16. The van der Waals surface area contributed by atoms with Crippen LogP contribution in [0.1, 0.15) is 25.0 Å². The number of nitrogens with zero attached hydrogens (tertiary/aromatic N) is 2. The van der Waals surface area contributed by atoms with Crippen molar-refractivity contribution < 1.29 is 12.8 Å². The third kappa shape index (κ3) is 3.23. The number of benzene rings is 2. The number of hydrogen-bond donors (Lipinski definition) is 0. The van der Waals surface area contributed by atoms with Crippen LogP contribution in [0, 0.1) is 17.1 Å². The van der Waals surface area contributed by atoms with Gasteiger partial charge in [-0.15, -0.1) is 0 Å². The minimum Gasteiger partial charge on any atom is -0.340 e. The Morgan fingerprint density at radius 3 is 2.38 bits per heavy atom. The molecule has 3 aromatic rings. The van der Waals surface area contributed by atoms with Crippen LogP contribution < -0.4 is 0 Å². The van der Waals surface area contributed by atoms with Crippen LogP contribution in [0.15, 0.2) is 42.5 Å². The maximum atomic E-state index is 13.7. The first-order valence-corrected chi connectivity index (χ1v) is 10.2. The Morgan fingerprint density at radius 1 is 1.12 bits per heavy atom. The average molecular weight is 370 g/mol. The molecule has 0 unspecified atom stereocenters. The van der Waals surface area contributed by atoms with E-state index >= 15 is 0 Å². The molecular formula is C20H19FN2O2S. The minimum absolute atomic E-state index is 0.00311. The molecule has 2 aromatic carbocycles. The molecule has 1 heterocycles. The van der Waals surface area contributed by atoms with Crippen molar-refractivity contribution in [3.63, 3.8) is 0 Å². The molecule has 0 atom stereocenters. The van der Waals surface area contributed by atoms with Gasteiger partial charge in [0.2, 0.25) is 0 Å². The Labute approximate surface area is 152 Å². The first-order valence-electron chi connectivity index (χ1n) is 8.41. The van der Waals surface area contributed by atoms with Gasteiger partial charge >= 0.3 is 0 Å². The summed E-state index contributed by atoms with van der Waals surface area (Å²) < 4.78 is 39.2. The molecule has 0 fully saturated rings. The van der Waals surface area contributed by atoms with Crippen LogP contribution in [0.3, 0.4) is 0 Å². The average Bonchev–Trinajstić information content (AvgIpc) is 2.94. The molecule has 6 heteroatoms. The smallest absolute Gasteiger partial charge is 0.154 e. The quantitative estimate of drug-likeness (QED) is 0.674. The summed E-state index contributed by atoms with van der Waals surface area (Å²) in [5, 5.41) is 10.2. The standard InChI is InChI=1S/C20H19FN2O2S/c1-3-23-19-10-9-16(21)11-17(19)18(12-22)20(23)15-7-5-14(6-8-15)13-26(24,25)4-2/h5-11H,3-4,13H2,1-2H3. The van der Waals surface area contributed by atoms with Crippen molar-refractivity contribution in [3.05, 3.63) is 59.4 Å². The van der Waals surface area contributed by atoms with Gasteiger partial charge in [-0.25, -0.2) is 12.8 Å². The molecule has 0 bridgehead atoms. The predicted molar refractivity (Wildman–Crippen MR) is 101 cm³/mol. The van der Waals surface area contributed by atoms with E-state index in [1.165, 1.54) is 12.1 Å². The lowest BCUT2D eigenvalue weighted by Gasteiger charge is -2.10. The van der Waals surface area contributed by atoms with Crippen molar-refractivity contribution in [2.45, 2.75) is 26.1 Å². The zero-order valence-electron chi connectivity index (χ0n) is 14.7. The van der Waals surface area contributed by atoms with Crippen LogP contribution in [0.4, 0.5) is 4.39 Å². The van der Waals surface area contributed by atoms with Gasteiger partial charge in [-0.3, -0.25) is 0 Å². The Morgan fingerprint density at radius 2 is 1.81 bits per heavy atom. The van der Waals surface area contributed by atoms with Gasteiger partial charge in [0.1, 0.15) is 11.9 Å². The Hall–Kier alpha value is -2.65. The molecule has 26 heavy (non-hydrogen) atoms. The van der Waals surface area contributed by atoms with Crippen LogP contribution in [-0.2, 0) is 22.1 Å². The molecule has 3 rings (SSSR count). The Kier molecular flexibility index (Phi) is 4.84. The van der Waals surface area contributed by atoms with Gasteiger partial charge in [-0.1, -0.05) is 31.2 Å². The van der Waals surface area contributed by atoms with Crippen molar-refractivity contribution in [2.75, 3.05) is 5.75 Å². The van der Waals surface area contributed by atoms with E-state index in [0.717, 1.165) is 16.8 Å². The molecule has 0 radical (unpaired) electrons. The molecule has 0 saturated heterocycles. The SMILES string of the molecule is CCn1c(-c2ccc(CS(=O)(=O)CC)cc2)c(C#N)c2cc(F)ccc21. The molecule has 0 N–H and O–H groups in total. The van der Waals surface area contributed by atoms with Gasteiger partial charge in [0.25, 0.3) is 0 Å².